The Balaban J connectivity index is 3.09. The smallest absolute Gasteiger partial charge is 0.111 e. The molecule has 0 unspecified atom stereocenters. The van der Waals surface area contributed by atoms with Gasteiger partial charge in [0.2, 0.25) is 0 Å². The van der Waals surface area contributed by atoms with Crippen LogP contribution in [0.25, 0.3) is 0 Å². The molecule has 0 N–H and O–H groups in total. The molecule has 0 amide bonds. The third-order valence-corrected chi connectivity index (χ3v) is 3.31. The first-order chi connectivity index (χ1) is 5.00. The molecular weight excluding hydrogens is 225 g/mol. The van der Waals surface area contributed by atoms with Crippen molar-refractivity contribution in [1.82, 2.24) is 4.98 Å². The lowest BCUT2D eigenvalue weighted by atomic mass is 10.5. The lowest BCUT2D eigenvalue weighted by Crippen LogP contribution is -2.02. The molecule has 0 atom stereocenters. The van der Waals surface area contributed by atoms with Gasteiger partial charge in [-0.25, -0.2) is 4.98 Å². The highest BCUT2D eigenvalue weighted by Gasteiger charge is 2.09. The van der Waals surface area contributed by atoms with Crippen LogP contribution in [0.1, 0.15) is 0 Å². The van der Waals surface area contributed by atoms with E-state index < -0.39 is 7.14 Å². The zero-order chi connectivity index (χ0) is 8.48. The van der Waals surface area contributed by atoms with E-state index in [1.165, 1.54) is 0 Å². The van der Waals surface area contributed by atoms with Gasteiger partial charge in [-0.3, -0.25) is 0 Å². The molecule has 1 aromatic heterocycles. The maximum Gasteiger partial charge on any atom is 0.111 e. The van der Waals surface area contributed by atoms with Gasteiger partial charge >= 0.3 is 0 Å². The van der Waals surface area contributed by atoms with E-state index in [4.69, 9.17) is 0 Å². The van der Waals surface area contributed by atoms with Crippen LogP contribution in [0.2, 0.25) is 0 Å². The van der Waals surface area contributed by atoms with Crippen LogP contribution in [0.3, 0.4) is 0 Å². The average molecular weight is 234 g/mol. The van der Waals surface area contributed by atoms with Crippen molar-refractivity contribution in [3.63, 3.8) is 0 Å². The van der Waals surface area contributed by atoms with Crippen LogP contribution < -0.4 is 5.30 Å². The van der Waals surface area contributed by atoms with Gasteiger partial charge in [-0.1, -0.05) is 0 Å². The summed E-state index contributed by atoms with van der Waals surface area (Å²) in [5.41, 5.74) is 0. The van der Waals surface area contributed by atoms with Crippen molar-refractivity contribution >= 4 is 28.4 Å². The van der Waals surface area contributed by atoms with Crippen molar-refractivity contribution in [2.45, 2.75) is 0 Å². The quantitative estimate of drug-likeness (QED) is 0.550. The first-order valence-electron chi connectivity index (χ1n) is 3.17. The molecule has 0 saturated heterocycles. The first kappa shape index (κ1) is 8.95. The molecular formula is C7H9BrNOP. The van der Waals surface area contributed by atoms with Gasteiger partial charge in [0.25, 0.3) is 0 Å². The minimum Gasteiger partial charge on any atom is -0.319 e. The number of nitrogens with zero attached hydrogens (tertiary/aromatic N) is 1. The Morgan fingerprint density at radius 3 is 2.45 bits per heavy atom. The second-order valence-electron chi connectivity index (χ2n) is 2.69. The lowest BCUT2D eigenvalue weighted by molar-refractivity contribution is 0.588. The Hall–Kier alpha value is -0.140. The Labute approximate surface area is 74.5 Å². The SMILES string of the molecule is CP(C)(=O)c1ccc(Br)nc1. The standard InChI is InChI=1S/C7H9BrNOP/c1-11(2,10)6-3-4-7(8)9-5-6/h3-5H,1-2H3. The molecule has 1 heterocycles. The highest BCUT2D eigenvalue weighted by atomic mass is 79.9. The minimum absolute atomic E-state index is 0.773. The summed E-state index contributed by atoms with van der Waals surface area (Å²) in [6.07, 6.45) is 1.64. The second-order valence-corrected chi connectivity index (χ2v) is 6.72. The molecule has 0 aliphatic heterocycles. The first-order valence-corrected chi connectivity index (χ1v) is 6.56. The van der Waals surface area contributed by atoms with Crippen LogP contribution in [0.5, 0.6) is 0 Å². The van der Waals surface area contributed by atoms with E-state index in [0.29, 0.717) is 0 Å². The highest BCUT2D eigenvalue weighted by molar-refractivity contribution is 9.10. The van der Waals surface area contributed by atoms with Crippen molar-refractivity contribution in [2.75, 3.05) is 13.3 Å². The maximum absolute atomic E-state index is 11.5. The van der Waals surface area contributed by atoms with Crippen LogP contribution in [0.15, 0.2) is 22.9 Å². The van der Waals surface area contributed by atoms with Gasteiger partial charge in [-0.15, -0.1) is 0 Å². The molecule has 2 nitrogen and oxygen atoms in total. The fourth-order valence-corrected chi connectivity index (χ4v) is 1.69. The molecule has 0 aliphatic rings. The monoisotopic (exact) mass is 233 g/mol. The van der Waals surface area contributed by atoms with Crippen molar-refractivity contribution < 1.29 is 4.57 Å². The topological polar surface area (TPSA) is 30.0 Å². The van der Waals surface area contributed by atoms with E-state index in [1.54, 1.807) is 25.6 Å². The summed E-state index contributed by atoms with van der Waals surface area (Å²) in [6.45, 7) is 3.47. The summed E-state index contributed by atoms with van der Waals surface area (Å²) >= 11 is 3.21. The van der Waals surface area contributed by atoms with E-state index in [2.05, 4.69) is 20.9 Å². The van der Waals surface area contributed by atoms with Crippen molar-refractivity contribution in [2.24, 2.45) is 0 Å². The Morgan fingerprint density at radius 1 is 1.45 bits per heavy atom. The molecule has 4 heteroatoms. The molecule has 0 bridgehead atoms. The largest absolute Gasteiger partial charge is 0.319 e. The highest BCUT2D eigenvalue weighted by Crippen LogP contribution is 2.33. The van der Waals surface area contributed by atoms with Crippen LogP contribution in [-0.2, 0) is 4.57 Å². The second kappa shape index (κ2) is 3.08. The average Bonchev–Trinajstić information content (AvgIpc) is 1.86. The summed E-state index contributed by atoms with van der Waals surface area (Å²) < 4.78 is 12.2. The van der Waals surface area contributed by atoms with E-state index in [-0.39, 0.29) is 0 Å². The third kappa shape index (κ3) is 2.42. The predicted molar refractivity (Wildman–Crippen MR) is 51.0 cm³/mol. The van der Waals surface area contributed by atoms with Crippen LogP contribution >= 0.6 is 23.1 Å². The molecule has 0 aromatic carbocycles. The predicted octanol–water partition coefficient (Wildman–Crippen LogP) is 2.09. The lowest BCUT2D eigenvalue weighted by Gasteiger charge is -2.04. The van der Waals surface area contributed by atoms with E-state index in [0.717, 1.165) is 9.91 Å². The molecule has 0 spiro atoms. The number of halogens is 1. The molecule has 11 heavy (non-hydrogen) atoms. The molecule has 0 aliphatic carbocycles. The van der Waals surface area contributed by atoms with Gasteiger partial charge in [0.1, 0.15) is 11.7 Å². The zero-order valence-corrected chi connectivity index (χ0v) is 8.89. The number of rotatable bonds is 1. The number of hydrogen-bond donors (Lipinski definition) is 0. The fourth-order valence-electron chi connectivity index (χ4n) is 0.687. The normalized spacial score (nSPS) is 11.5. The van der Waals surface area contributed by atoms with Crippen LogP contribution in [-0.4, -0.2) is 18.3 Å². The third-order valence-electron chi connectivity index (χ3n) is 1.33. The van der Waals surface area contributed by atoms with Crippen LogP contribution in [0, 0.1) is 0 Å². The summed E-state index contributed by atoms with van der Waals surface area (Å²) in [5, 5.41) is 0.820. The van der Waals surface area contributed by atoms with Gasteiger partial charge in [0.15, 0.2) is 0 Å². The fraction of sp³-hybridized carbons (Fsp3) is 0.286. The Kier molecular flexibility index (Phi) is 2.50. The maximum atomic E-state index is 11.5. The molecule has 0 fully saturated rings. The Bertz CT molecular complexity index is 290. The summed E-state index contributed by atoms with van der Waals surface area (Å²) in [6, 6.07) is 3.63. The van der Waals surface area contributed by atoms with Gasteiger partial charge in [0.05, 0.1) is 0 Å². The van der Waals surface area contributed by atoms with Gasteiger partial charge in [0, 0.05) is 11.5 Å². The van der Waals surface area contributed by atoms with Gasteiger partial charge in [-0.2, -0.15) is 0 Å². The molecule has 1 rings (SSSR count). The molecule has 1 aromatic rings. The number of pyridine rings is 1. The van der Waals surface area contributed by atoms with Crippen molar-refractivity contribution in [3.05, 3.63) is 22.9 Å². The van der Waals surface area contributed by atoms with E-state index >= 15 is 0 Å². The molecule has 0 radical (unpaired) electrons. The summed E-state index contributed by atoms with van der Waals surface area (Å²) in [5.74, 6) is 0. The van der Waals surface area contributed by atoms with Gasteiger partial charge in [-0.05, 0) is 41.4 Å². The van der Waals surface area contributed by atoms with E-state index in [9.17, 15) is 4.57 Å². The van der Waals surface area contributed by atoms with Crippen molar-refractivity contribution in [1.29, 1.82) is 0 Å². The minimum atomic E-state index is -2.12. The van der Waals surface area contributed by atoms with Gasteiger partial charge < -0.3 is 4.57 Å². The zero-order valence-electron chi connectivity index (χ0n) is 6.41. The number of aromatic nitrogens is 1. The van der Waals surface area contributed by atoms with Crippen LogP contribution in [0.4, 0.5) is 0 Å². The van der Waals surface area contributed by atoms with Crippen molar-refractivity contribution in [3.8, 4) is 0 Å². The summed E-state index contributed by atoms with van der Waals surface area (Å²) in [7, 11) is -2.12. The van der Waals surface area contributed by atoms with E-state index in [1.807, 2.05) is 6.07 Å². The Morgan fingerprint density at radius 2 is 2.09 bits per heavy atom. The number of hydrogen-bond acceptors (Lipinski definition) is 2. The molecule has 0 saturated carbocycles. The summed E-state index contributed by atoms with van der Waals surface area (Å²) in [4.78, 5) is 3.99. The molecule has 60 valence electrons.